The maximum atomic E-state index is 12.6. The number of carbonyl (C=O) groups excluding carboxylic acids is 1. The lowest BCUT2D eigenvalue weighted by Gasteiger charge is -2.32. The number of carboxylic acid groups (broad SMARTS) is 1. The zero-order valence-corrected chi connectivity index (χ0v) is 12.1. The Kier molecular flexibility index (Phi) is 3.69. The van der Waals surface area contributed by atoms with Gasteiger partial charge in [0.05, 0.1) is 12.1 Å². The van der Waals surface area contributed by atoms with Crippen LogP contribution in [0.3, 0.4) is 0 Å². The molecule has 1 amide bonds. The van der Waals surface area contributed by atoms with E-state index in [1.807, 2.05) is 0 Å². The van der Waals surface area contributed by atoms with Gasteiger partial charge in [-0.05, 0) is 32.1 Å². The van der Waals surface area contributed by atoms with Crippen molar-refractivity contribution in [2.24, 2.45) is 5.92 Å². The minimum absolute atomic E-state index is 0.0837. The van der Waals surface area contributed by atoms with Gasteiger partial charge in [0.15, 0.2) is 0 Å². The average molecular weight is 292 g/mol. The molecule has 0 unspecified atom stereocenters. The quantitative estimate of drug-likeness (QED) is 0.918. The third kappa shape index (κ3) is 2.66. The first-order valence-electron chi connectivity index (χ1n) is 7.52. The van der Waals surface area contributed by atoms with E-state index in [1.165, 1.54) is 0 Å². The molecule has 1 aliphatic heterocycles. The molecule has 1 aromatic rings. The van der Waals surface area contributed by atoms with Crippen molar-refractivity contribution in [3.05, 3.63) is 17.5 Å². The zero-order valence-electron chi connectivity index (χ0n) is 12.1. The second-order valence-electron chi connectivity index (χ2n) is 6.11. The topological polar surface area (TPSA) is 83.6 Å². The molecule has 3 atom stereocenters. The molecule has 1 aliphatic carbocycles. The highest BCUT2D eigenvalue weighted by Crippen LogP contribution is 2.40. The fraction of sp³-hybridized carbons (Fsp3) is 0.667. The number of carboxylic acids is 1. The Balaban J connectivity index is 1.79. The normalized spacial score (nSPS) is 28.4. The molecule has 0 spiro atoms. The third-order valence-corrected chi connectivity index (χ3v) is 4.67. The minimum atomic E-state index is -0.894. The van der Waals surface area contributed by atoms with Gasteiger partial charge in [0.1, 0.15) is 11.8 Å². The molecule has 21 heavy (non-hydrogen) atoms. The van der Waals surface area contributed by atoms with E-state index in [0.29, 0.717) is 23.8 Å². The van der Waals surface area contributed by atoms with Crippen LogP contribution in [-0.4, -0.2) is 39.1 Å². The number of carbonyl (C=O) groups is 2. The summed E-state index contributed by atoms with van der Waals surface area (Å²) in [5.74, 6) is -0.0495. The summed E-state index contributed by atoms with van der Waals surface area (Å²) >= 11 is 0. The number of likely N-dealkylation sites (tertiary alicyclic amines) is 1. The molecule has 0 aromatic carbocycles. The van der Waals surface area contributed by atoms with Crippen LogP contribution in [0.4, 0.5) is 0 Å². The SMILES string of the molecule is Cc1cc(CC(=O)N2[C@H](C(=O)O)C[C@H]3CCCC[C@@H]32)no1. The van der Waals surface area contributed by atoms with Gasteiger partial charge in [0.2, 0.25) is 5.91 Å². The highest BCUT2D eigenvalue weighted by molar-refractivity contribution is 5.85. The van der Waals surface area contributed by atoms with E-state index in [4.69, 9.17) is 4.52 Å². The van der Waals surface area contributed by atoms with Gasteiger partial charge in [0.25, 0.3) is 0 Å². The first kappa shape index (κ1) is 14.1. The van der Waals surface area contributed by atoms with Crippen molar-refractivity contribution in [1.29, 1.82) is 0 Å². The molecule has 2 aliphatic rings. The average Bonchev–Trinajstić information content (AvgIpc) is 3.02. The number of amides is 1. The zero-order chi connectivity index (χ0) is 15.0. The van der Waals surface area contributed by atoms with Crippen molar-refractivity contribution in [3.8, 4) is 0 Å². The van der Waals surface area contributed by atoms with Gasteiger partial charge in [-0.3, -0.25) is 4.79 Å². The van der Waals surface area contributed by atoms with Crippen LogP contribution < -0.4 is 0 Å². The van der Waals surface area contributed by atoms with Crippen molar-refractivity contribution < 1.29 is 19.2 Å². The van der Waals surface area contributed by atoms with Crippen molar-refractivity contribution >= 4 is 11.9 Å². The van der Waals surface area contributed by atoms with Gasteiger partial charge >= 0.3 is 5.97 Å². The molecular weight excluding hydrogens is 272 g/mol. The third-order valence-electron chi connectivity index (χ3n) is 4.67. The van der Waals surface area contributed by atoms with Gasteiger partial charge in [-0.15, -0.1) is 0 Å². The molecule has 0 radical (unpaired) electrons. The Labute approximate surface area is 123 Å². The summed E-state index contributed by atoms with van der Waals surface area (Å²) in [6, 6.07) is 1.13. The predicted octanol–water partition coefficient (Wildman–Crippen LogP) is 1.77. The molecule has 2 heterocycles. The molecule has 6 nitrogen and oxygen atoms in total. The molecule has 1 N–H and O–H groups in total. The number of rotatable bonds is 3. The molecule has 1 saturated heterocycles. The van der Waals surface area contributed by atoms with Gasteiger partial charge in [0, 0.05) is 12.1 Å². The second kappa shape index (κ2) is 5.50. The Morgan fingerprint density at radius 2 is 2.19 bits per heavy atom. The summed E-state index contributed by atoms with van der Waals surface area (Å²) in [4.78, 5) is 25.7. The number of fused-ring (bicyclic) bond motifs is 1. The van der Waals surface area contributed by atoms with Crippen molar-refractivity contribution in [3.63, 3.8) is 0 Å². The van der Waals surface area contributed by atoms with Gasteiger partial charge in [-0.25, -0.2) is 4.79 Å². The number of hydrogen-bond donors (Lipinski definition) is 1. The largest absolute Gasteiger partial charge is 0.480 e. The Morgan fingerprint density at radius 3 is 2.86 bits per heavy atom. The Bertz CT molecular complexity index is 554. The molecule has 6 heteroatoms. The van der Waals surface area contributed by atoms with Crippen LogP contribution >= 0.6 is 0 Å². The number of aromatic nitrogens is 1. The first-order chi connectivity index (χ1) is 10.1. The van der Waals surface area contributed by atoms with Crippen LogP contribution in [-0.2, 0) is 16.0 Å². The molecule has 0 bridgehead atoms. The summed E-state index contributed by atoms with van der Waals surface area (Å²) in [7, 11) is 0. The van der Waals surface area contributed by atoms with E-state index < -0.39 is 12.0 Å². The van der Waals surface area contributed by atoms with Gasteiger partial charge < -0.3 is 14.5 Å². The predicted molar refractivity (Wildman–Crippen MR) is 73.6 cm³/mol. The van der Waals surface area contributed by atoms with E-state index in [2.05, 4.69) is 5.16 Å². The summed E-state index contributed by atoms with van der Waals surface area (Å²) < 4.78 is 4.97. The fourth-order valence-corrected chi connectivity index (χ4v) is 3.79. The smallest absolute Gasteiger partial charge is 0.326 e. The minimum Gasteiger partial charge on any atom is -0.480 e. The lowest BCUT2D eigenvalue weighted by atomic mass is 9.84. The van der Waals surface area contributed by atoms with Crippen LogP contribution in [0.5, 0.6) is 0 Å². The maximum absolute atomic E-state index is 12.6. The molecular formula is C15H20N2O4. The van der Waals surface area contributed by atoms with E-state index in [9.17, 15) is 14.7 Å². The monoisotopic (exact) mass is 292 g/mol. The van der Waals surface area contributed by atoms with E-state index in [-0.39, 0.29) is 18.4 Å². The number of hydrogen-bond acceptors (Lipinski definition) is 4. The summed E-state index contributed by atoms with van der Waals surface area (Å²) in [5.41, 5.74) is 0.570. The van der Waals surface area contributed by atoms with Crippen LogP contribution in [0.15, 0.2) is 10.6 Å². The maximum Gasteiger partial charge on any atom is 0.326 e. The molecule has 2 fully saturated rings. The summed E-state index contributed by atoms with van der Waals surface area (Å²) in [5, 5.41) is 13.3. The Hall–Kier alpha value is -1.85. The van der Waals surface area contributed by atoms with E-state index in [0.717, 1.165) is 25.7 Å². The lowest BCUT2D eigenvalue weighted by Crippen LogP contribution is -2.46. The van der Waals surface area contributed by atoms with Crippen LogP contribution in [0, 0.1) is 12.8 Å². The molecule has 1 saturated carbocycles. The first-order valence-corrected chi connectivity index (χ1v) is 7.52. The lowest BCUT2D eigenvalue weighted by molar-refractivity contribution is -0.149. The van der Waals surface area contributed by atoms with Crippen molar-refractivity contribution in [2.45, 2.75) is 57.5 Å². The van der Waals surface area contributed by atoms with Crippen LogP contribution in [0.25, 0.3) is 0 Å². The van der Waals surface area contributed by atoms with Crippen molar-refractivity contribution in [1.82, 2.24) is 10.1 Å². The highest BCUT2D eigenvalue weighted by atomic mass is 16.5. The molecule has 3 rings (SSSR count). The molecule has 1 aromatic heterocycles. The molecule has 114 valence electrons. The Morgan fingerprint density at radius 1 is 1.43 bits per heavy atom. The van der Waals surface area contributed by atoms with Gasteiger partial charge in [-0.2, -0.15) is 0 Å². The fourth-order valence-electron chi connectivity index (χ4n) is 3.79. The number of nitrogens with zero attached hydrogens (tertiary/aromatic N) is 2. The summed E-state index contributed by atoms with van der Waals surface area (Å²) in [6.45, 7) is 1.77. The van der Waals surface area contributed by atoms with E-state index >= 15 is 0 Å². The van der Waals surface area contributed by atoms with Gasteiger partial charge in [-0.1, -0.05) is 18.0 Å². The second-order valence-corrected chi connectivity index (χ2v) is 6.11. The summed E-state index contributed by atoms with van der Waals surface area (Å²) in [6.07, 6.45) is 4.85. The van der Waals surface area contributed by atoms with Crippen LogP contribution in [0.1, 0.15) is 43.6 Å². The number of aliphatic carboxylic acids is 1. The standard InChI is InChI=1S/C15H20N2O4/c1-9-6-11(16-21-9)8-14(18)17-12-5-3-2-4-10(12)7-13(17)15(19)20/h6,10,12-13H,2-5,7-8H2,1H3,(H,19,20)/t10-,12+,13+/m1/s1. The van der Waals surface area contributed by atoms with Crippen molar-refractivity contribution in [2.75, 3.05) is 0 Å². The highest BCUT2D eigenvalue weighted by Gasteiger charge is 2.47. The van der Waals surface area contributed by atoms with E-state index in [1.54, 1.807) is 17.9 Å². The van der Waals surface area contributed by atoms with Crippen LogP contribution in [0.2, 0.25) is 0 Å². The number of aryl methyl sites for hydroxylation is 1.